The van der Waals surface area contributed by atoms with Crippen molar-refractivity contribution in [2.45, 2.75) is 37.5 Å². The quantitative estimate of drug-likeness (QED) is 0.170. The van der Waals surface area contributed by atoms with Crippen molar-refractivity contribution >= 4 is 49.6 Å². The van der Waals surface area contributed by atoms with E-state index in [2.05, 4.69) is 191 Å². The maximum Gasteiger partial charge on any atom is 0.0561 e. The van der Waals surface area contributed by atoms with Gasteiger partial charge in [-0.25, -0.2) is 0 Å². The van der Waals surface area contributed by atoms with Gasteiger partial charge in [0.05, 0.1) is 16.7 Å². The van der Waals surface area contributed by atoms with E-state index in [0.717, 1.165) is 35.0 Å². The summed E-state index contributed by atoms with van der Waals surface area (Å²) in [4.78, 5) is 2.46. The first kappa shape index (κ1) is 32.7. The number of hydrogen-bond donors (Lipinski definition) is 0. The molecule has 4 fully saturated rings. The number of hydrogen-bond acceptors (Lipinski definition) is 1. The molecule has 0 amide bonds. The molecule has 5 aliphatic rings. The number of aromatic nitrogens is 1. The van der Waals surface area contributed by atoms with Crippen LogP contribution >= 0.6 is 0 Å². The number of para-hydroxylation sites is 2. The third kappa shape index (κ3) is 4.55. The summed E-state index contributed by atoms with van der Waals surface area (Å²) in [6.45, 7) is 0. The van der Waals surface area contributed by atoms with Crippen LogP contribution in [0.5, 0.6) is 0 Å². The van der Waals surface area contributed by atoms with E-state index in [9.17, 15) is 0 Å². The minimum absolute atomic E-state index is 0.168. The van der Waals surface area contributed by atoms with Crippen molar-refractivity contribution in [1.82, 2.24) is 4.57 Å². The molecule has 1 aromatic heterocycles. The van der Waals surface area contributed by atoms with Gasteiger partial charge in [0.1, 0.15) is 0 Å². The highest BCUT2D eigenvalue weighted by atomic mass is 15.1. The van der Waals surface area contributed by atoms with Gasteiger partial charge in [-0.2, -0.15) is 0 Å². The Labute approximate surface area is 340 Å². The zero-order valence-corrected chi connectivity index (χ0v) is 32.6. The molecule has 278 valence electrons. The normalized spacial score (nSPS) is 22.6. The summed E-state index contributed by atoms with van der Waals surface area (Å²) >= 11 is 0. The van der Waals surface area contributed by atoms with Crippen molar-refractivity contribution < 1.29 is 0 Å². The molecule has 4 saturated carbocycles. The smallest absolute Gasteiger partial charge is 0.0561 e. The standard InChI is InChI=1S/C56H44N2/c1-2-13-43(14-3-1)58-54-19-9-7-17-49(54)50-28-26-45(35-55(50)58)57(53-20-10-12-39-11-4-5-15-46(39)53)44-24-21-38(22-25-44)40-23-27-48-47-16-6-8-18-51(47)56(52(48)34-40)41-30-36-29-37(32-41)33-42(56)31-36/h1-28,34-37,41-42H,29-33H2. The summed E-state index contributed by atoms with van der Waals surface area (Å²) in [5.74, 6) is 3.39. The van der Waals surface area contributed by atoms with E-state index >= 15 is 0 Å². The van der Waals surface area contributed by atoms with E-state index in [0.29, 0.717) is 0 Å². The first-order valence-electron chi connectivity index (χ1n) is 21.4. The second-order valence-electron chi connectivity index (χ2n) is 17.7. The molecule has 9 aromatic rings. The molecule has 1 heterocycles. The van der Waals surface area contributed by atoms with Gasteiger partial charge in [-0.15, -0.1) is 0 Å². The molecule has 1 spiro atoms. The predicted octanol–water partition coefficient (Wildman–Crippen LogP) is 14.8. The molecule has 5 aliphatic carbocycles. The van der Waals surface area contributed by atoms with E-state index in [1.165, 1.54) is 98.3 Å². The molecule has 0 aliphatic heterocycles. The SMILES string of the molecule is c1ccc(-n2c3ccccc3c3ccc(N(c4ccc(-c5ccc6c(c5)C5(c7ccccc7-6)C6CC7CC(C6)CC5C7)cc4)c4cccc5ccccc45)cc32)cc1. The van der Waals surface area contributed by atoms with Crippen LogP contribution in [0.1, 0.15) is 43.2 Å². The monoisotopic (exact) mass is 744 g/mol. The maximum atomic E-state index is 2.62. The fourth-order valence-electron chi connectivity index (χ4n) is 12.9. The van der Waals surface area contributed by atoms with Crippen LogP contribution in [0.4, 0.5) is 17.1 Å². The molecule has 14 rings (SSSR count). The van der Waals surface area contributed by atoms with Crippen LogP contribution in [0.15, 0.2) is 182 Å². The summed E-state index contributed by atoms with van der Waals surface area (Å²) in [7, 11) is 0. The van der Waals surface area contributed by atoms with Crippen LogP contribution in [0.3, 0.4) is 0 Å². The fourth-order valence-corrected chi connectivity index (χ4v) is 12.9. The zero-order valence-electron chi connectivity index (χ0n) is 32.6. The average molecular weight is 745 g/mol. The highest BCUT2D eigenvalue weighted by Crippen LogP contribution is 2.69. The van der Waals surface area contributed by atoms with E-state index in [1.54, 1.807) is 11.1 Å². The van der Waals surface area contributed by atoms with Gasteiger partial charge < -0.3 is 9.47 Å². The van der Waals surface area contributed by atoms with Crippen LogP contribution in [0.25, 0.3) is 60.5 Å². The van der Waals surface area contributed by atoms with Crippen molar-refractivity contribution in [1.29, 1.82) is 0 Å². The van der Waals surface area contributed by atoms with Crippen LogP contribution in [0.2, 0.25) is 0 Å². The van der Waals surface area contributed by atoms with E-state index in [1.807, 2.05) is 0 Å². The number of anilines is 3. The summed E-state index contributed by atoms with van der Waals surface area (Å²) < 4.78 is 2.42. The van der Waals surface area contributed by atoms with Crippen LogP contribution < -0.4 is 4.90 Å². The molecule has 4 bridgehead atoms. The van der Waals surface area contributed by atoms with Gasteiger partial charge in [0.2, 0.25) is 0 Å². The van der Waals surface area contributed by atoms with Gasteiger partial charge in [-0.3, -0.25) is 0 Å². The molecule has 0 N–H and O–H groups in total. The molecule has 0 atom stereocenters. The van der Waals surface area contributed by atoms with E-state index in [4.69, 9.17) is 0 Å². The number of benzene rings is 8. The Morgan fingerprint density at radius 1 is 0.431 bits per heavy atom. The van der Waals surface area contributed by atoms with E-state index in [-0.39, 0.29) is 5.41 Å². The average Bonchev–Trinajstić information content (AvgIpc) is 3.76. The molecule has 0 radical (unpaired) electrons. The number of rotatable bonds is 5. The van der Waals surface area contributed by atoms with Gasteiger partial charge in [0.15, 0.2) is 0 Å². The summed E-state index contributed by atoms with van der Waals surface area (Å²) in [6.07, 6.45) is 7.09. The first-order chi connectivity index (χ1) is 28.7. The van der Waals surface area contributed by atoms with Gasteiger partial charge in [-0.1, -0.05) is 127 Å². The summed E-state index contributed by atoms with van der Waals surface area (Å²) in [5.41, 5.74) is 16.0. The van der Waals surface area contributed by atoms with Gasteiger partial charge in [0, 0.05) is 38.6 Å². The van der Waals surface area contributed by atoms with Crippen molar-refractivity contribution in [3.05, 3.63) is 193 Å². The Morgan fingerprint density at radius 2 is 1.07 bits per heavy atom. The molecule has 58 heavy (non-hydrogen) atoms. The highest BCUT2D eigenvalue weighted by Gasteiger charge is 2.61. The third-order valence-corrected chi connectivity index (χ3v) is 15.0. The lowest BCUT2D eigenvalue weighted by atomic mass is 9.43. The van der Waals surface area contributed by atoms with Gasteiger partial charge in [0.25, 0.3) is 0 Å². The largest absolute Gasteiger partial charge is 0.310 e. The van der Waals surface area contributed by atoms with Crippen LogP contribution in [-0.2, 0) is 5.41 Å². The highest BCUT2D eigenvalue weighted by molar-refractivity contribution is 6.11. The molecule has 2 nitrogen and oxygen atoms in total. The second kappa shape index (κ2) is 12.3. The van der Waals surface area contributed by atoms with Crippen LogP contribution in [-0.4, -0.2) is 4.57 Å². The summed E-state index contributed by atoms with van der Waals surface area (Å²) in [5, 5.41) is 4.99. The van der Waals surface area contributed by atoms with Crippen molar-refractivity contribution in [2.24, 2.45) is 23.7 Å². The molecule has 8 aromatic carbocycles. The molecule has 2 heteroatoms. The Balaban J connectivity index is 0.960. The molecule has 0 saturated heterocycles. The Morgan fingerprint density at radius 3 is 1.90 bits per heavy atom. The lowest BCUT2D eigenvalue weighted by Crippen LogP contribution is -2.55. The molecular formula is C56H44N2. The number of fused-ring (bicyclic) bond motifs is 7. The fraction of sp³-hybridized carbons (Fsp3) is 0.179. The van der Waals surface area contributed by atoms with E-state index < -0.39 is 0 Å². The first-order valence-corrected chi connectivity index (χ1v) is 21.4. The predicted molar refractivity (Wildman–Crippen MR) is 242 cm³/mol. The third-order valence-electron chi connectivity index (χ3n) is 15.0. The maximum absolute atomic E-state index is 2.62. The Kier molecular flexibility index (Phi) is 6.94. The topological polar surface area (TPSA) is 8.17 Å². The zero-order chi connectivity index (χ0) is 38.0. The van der Waals surface area contributed by atoms with Gasteiger partial charge >= 0.3 is 0 Å². The Hall–Kier alpha value is -6.38. The summed E-state index contributed by atoms with van der Waals surface area (Å²) in [6, 6.07) is 68.4. The minimum Gasteiger partial charge on any atom is -0.310 e. The minimum atomic E-state index is 0.168. The van der Waals surface area contributed by atoms with Crippen molar-refractivity contribution in [3.8, 4) is 27.9 Å². The number of nitrogens with zero attached hydrogens (tertiary/aromatic N) is 2. The van der Waals surface area contributed by atoms with Crippen molar-refractivity contribution in [3.63, 3.8) is 0 Å². The lowest BCUT2D eigenvalue weighted by Gasteiger charge is -2.61. The molecule has 0 unspecified atom stereocenters. The second-order valence-corrected chi connectivity index (χ2v) is 17.7. The van der Waals surface area contributed by atoms with Crippen LogP contribution in [0, 0.1) is 23.7 Å². The van der Waals surface area contributed by atoms with Crippen molar-refractivity contribution in [2.75, 3.05) is 4.90 Å². The Bertz CT molecular complexity index is 3040. The molecular weight excluding hydrogens is 701 g/mol. The van der Waals surface area contributed by atoms with Gasteiger partial charge in [-0.05, 0) is 149 Å². The lowest BCUT2D eigenvalue weighted by molar-refractivity contribution is -0.0399.